The van der Waals surface area contributed by atoms with Crippen molar-refractivity contribution < 1.29 is 0 Å². The Hall–Kier alpha value is -2.34. The highest BCUT2D eigenvalue weighted by Crippen LogP contribution is 2.07. The van der Waals surface area contributed by atoms with E-state index in [0.717, 1.165) is 37.8 Å². The number of benzene rings is 1. The molecule has 2 aromatic rings. The molecule has 0 fully saturated rings. The van der Waals surface area contributed by atoms with Crippen LogP contribution in [0.15, 0.2) is 41.5 Å². The lowest BCUT2D eigenvalue weighted by Gasteiger charge is -2.18. The van der Waals surface area contributed by atoms with Gasteiger partial charge in [-0.2, -0.15) is 5.10 Å². The number of hydrogen-bond acceptors (Lipinski definition) is 3. The molecular formula is C19H30N6. The molecule has 6 nitrogen and oxygen atoms in total. The van der Waals surface area contributed by atoms with Crippen LogP contribution in [-0.4, -0.2) is 40.8 Å². The molecule has 0 aliphatic carbocycles. The molecule has 0 atom stereocenters. The maximum Gasteiger partial charge on any atom is 0.191 e. The average Bonchev–Trinajstić information content (AvgIpc) is 3.06. The highest BCUT2D eigenvalue weighted by Gasteiger charge is 2.03. The summed E-state index contributed by atoms with van der Waals surface area (Å²) in [6.07, 6.45) is 1.80. The monoisotopic (exact) mass is 342 g/mol. The fraction of sp³-hybridized carbons (Fsp3) is 0.474. The minimum Gasteiger partial charge on any atom is -0.352 e. The maximum absolute atomic E-state index is 4.27. The summed E-state index contributed by atoms with van der Waals surface area (Å²) in [5.41, 5.74) is 3.71. The second-order valence-corrected chi connectivity index (χ2v) is 6.00. The van der Waals surface area contributed by atoms with Gasteiger partial charge in [-0.15, -0.1) is 0 Å². The summed E-state index contributed by atoms with van der Waals surface area (Å²) in [6, 6.07) is 10.8. The molecule has 2 rings (SSSR count). The smallest absolute Gasteiger partial charge is 0.191 e. The van der Waals surface area contributed by atoms with Gasteiger partial charge in [0.1, 0.15) is 0 Å². The SMILES string of the molecule is CCN(CC)Cc1ccc(CNC(=NC)NCc2ccnn2C)cc1. The van der Waals surface area contributed by atoms with Gasteiger partial charge in [0.15, 0.2) is 5.96 Å². The zero-order valence-corrected chi connectivity index (χ0v) is 15.8. The summed E-state index contributed by atoms with van der Waals surface area (Å²) < 4.78 is 1.86. The van der Waals surface area contributed by atoms with Crippen LogP contribution in [0.5, 0.6) is 0 Å². The molecule has 0 spiro atoms. The molecule has 0 radical (unpaired) electrons. The van der Waals surface area contributed by atoms with E-state index in [0.29, 0.717) is 6.54 Å². The van der Waals surface area contributed by atoms with Gasteiger partial charge in [-0.1, -0.05) is 38.1 Å². The largest absolute Gasteiger partial charge is 0.352 e. The highest BCUT2D eigenvalue weighted by molar-refractivity contribution is 5.79. The fourth-order valence-corrected chi connectivity index (χ4v) is 2.62. The molecule has 136 valence electrons. The zero-order valence-electron chi connectivity index (χ0n) is 15.8. The van der Waals surface area contributed by atoms with Gasteiger partial charge in [0, 0.05) is 33.4 Å². The predicted octanol–water partition coefficient (Wildman–Crippen LogP) is 2.13. The van der Waals surface area contributed by atoms with Crippen molar-refractivity contribution in [3.8, 4) is 0 Å². The van der Waals surface area contributed by atoms with E-state index in [4.69, 9.17) is 0 Å². The summed E-state index contributed by atoms with van der Waals surface area (Å²) in [6.45, 7) is 9.01. The summed E-state index contributed by atoms with van der Waals surface area (Å²) >= 11 is 0. The first kappa shape index (κ1) is 19.0. The van der Waals surface area contributed by atoms with Crippen molar-refractivity contribution in [3.63, 3.8) is 0 Å². The average molecular weight is 342 g/mol. The number of nitrogens with zero attached hydrogens (tertiary/aromatic N) is 4. The molecule has 1 aromatic heterocycles. The van der Waals surface area contributed by atoms with E-state index in [2.05, 4.69) is 63.7 Å². The summed E-state index contributed by atoms with van der Waals surface area (Å²) in [7, 11) is 3.72. The third kappa shape index (κ3) is 5.90. The highest BCUT2D eigenvalue weighted by atomic mass is 15.3. The summed E-state index contributed by atoms with van der Waals surface area (Å²) in [5, 5.41) is 10.8. The van der Waals surface area contributed by atoms with Crippen molar-refractivity contribution in [1.82, 2.24) is 25.3 Å². The molecule has 2 N–H and O–H groups in total. The van der Waals surface area contributed by atoms with Crippen molar-refractivity contribution in [1.29, 1.82) is 0 Å². The van der Waals surface area contributed by atoms with E-state index < -0.39 is 0 Å². The fourth-order valence-electron chi connectivity index (χ4n) is 2.62. The standard InChI is InChI=1S/C19H30N6/c1-5-25(6-2)15-17-9-7-16(8-10-17)13-21-19(20-3)22-14-18-11-12-23-24(18)4/h7-12H,5-6,13-15H2,1-4H3,(H2,20,21,22). The molecule has 0 aliphatic heterocycles. The van der Waals surface area contributed by atoms with Crippen molar-refractivity contribution >= 4 is 5.96 Å². The summed E-state index contributed by atoms with van der Waals surface area (Å²) in [4.78, 5) is 6.68. The van der Waals surface area contributed by atoms with Gasteiger partial charge in [-0.25, -0.2) is 0 Å². The Morgan fingerprint density at radius 3 is 2.24 bits per heavy atom. The lowest BCUT2D eigenvalue weighted by molar-refractivity contribution is 0.296. The normalized spacial score (nSPS) is 11.8. The second-order valence-electron chi connectivity index (χ2n) is 6.00. The number of aryl methyl sites for hydroxylation is 1. The topological polar surface area (TPSA) is 57.5 Å². The van der Waals surface area contributed by atoms with Crippen molar-refractivity contribution in [2.75, 3.05) is 20.1 Å². The molecular weight excluding hydrogens is 312 g/mol. The third-order valence-electron chi connectivity index (χ3n) is 4.37. The molecule has 0 bridgehead atoms. The number of nitrogens with one attached hydrogen (secondary N) is 2. The van der Waals surface area contributed by atoms with Crippen LogP contribution in [0.2, 0.25) is 0 Å². The van der Waals surface area contributed by atoms with E-state index in [9.17, 15) is 0 Å². The lowest BCUT2D eigenvalue weighted by atomic mass is 10.1. The molecule has 0 unspecified atom stereocenters. The van der Waals surface area contributed by atoms with E-state index >= 15 is 0 Å². The van der Waals surface area contributed by atoms with Gasteiger partial charge in [0.25, 0.3) is 0 Å². The van der Waals surface area contributed by atoms with Gasteiger partial charge < -0.3 is 10.6 Å². The maximum atomic E-state index is 4.27. The Bertz CT molecular complexity index is 655. The Labute approximate surface area is 151 Å². The number of guanidine groups is 1. The Morgan fingerprint density at radius 1 is 1.04 bits per heavy atom. The van der Waals surface area contributed by atoms with Crippen LogP contribution in [-0.2, 0) is 26.7 Å². The van der Waals surface area contributed by atoms with Crippen LogP contribution < -0.4 is 10.6 Å². The second kappa shape index (κ2) is 9.84. The first-order valence-corrected chi connectivity index (χ1v) is 8.87. The molecule has 6 heteroatoms. The van der Waals surface area contributed by atoms with E-state index in [1.165, 1.54) is 11.1 Å². The Morgan fingerprint density at radius 2 is 1.68 bits per heavy atom. The number of hydrogen-bond donors (Lipinski definition) is 2. The predicted molar refractivity (Wildman–Crippen MR) is 103 cm³/mol. The van der Waals surface area contributed by atoms with Crippen LogP contribution in [0.3, 0.4) is 0 Å². The first-order chi connectivity index (χ1) is 12.2. The van der Waals surface area contributed by atoms with Crippen molar-refractivity contribution in [2.24, 2.45) is 12.0 Å². The van der Waals surface area contributed by atoms with E-state index in [1.807, 2.05) is 17.8 Å². The van der Waals surface area contributed by atoms with Crippen LogP contribution >= 0.6 is 0 Å². The van der Waals surface area contributed by atoms with Crippen LogP contribution in [0.1, 0.15) is 30.7 Å². The van der Waals surface area contributed by atoms with Crippen LogP contribution in [0, 0.1) is 0 Å². The minimum atomic E-state index is 0.693. The van der Waals surface area contributed by atoms with Gasteiger partial charge in [-0.3, -0.25) is 14.6 Å². The quantitative estimate of drug-likeness (QED) is 0.570. The molecule has 0 saturated heterocycles. The molecule has 1 heterocycles. The number of aliphatic imine (C=N–C) groups is 1. The lowest BCUT2D eigenvalue weighted by Crippen LogP contribution is -2.36. The van der Waals surface area contributed by atoms with Gasteiger partial charge in [0.05, 0.1) is 12.2 Å². The molecule has 0 aliphatic rings. The minimum absolute atomic E-state index is 0.693. The Kier molecular flexibility index (Phi) is 7.47. The number of rotatable bonds is 8. The van der Waals surface area contributed by atoms with E-state index in [1.54, 1.807) is 13.2 Å². The molecule has 0 amide bonds. The van der Waals surface area contributed by atoms with Crippen molar-refractivity contribution in [3.05, 3.63) is 53.3 Å². The first-order valence-electron chi connectivity index (χ1n) is 8.87. The van der Waals surface area contributed by atoms with Crippen LogP contribution in [0.4, 0.5) is 0 Å². The van der Waals surface area contributed by atoms with E-state index in [-0.39, 0.29) is 0 Å². The molecule has 25 heavy (non-hydrogen) atoms. The Balaban J connectivity index is 1.81. The van der Waals surface area contributed by atoms with Crippen molar-refractivity contribution in [2.45, 2.75) is 33.5 Å². The van der Waals surface area contributed by atoms with Gasteiger partial charge in [0.2, 0.25) is 0 Å². The third-order valence-corrected chi connectivity index (χ3v) is 4.37. The zero-order chi connectivity index (χ0) is 18.1. The molecule has 0 saturated carbocycles. The van der Waals surface area contributed by atoms with Gasteiger partial charge in [-0.05, 0) is 30.3 Å². The molecule has 1 aromatic carbocycles. The summed E-state index contributed by atoms with van der Waals surface area (Å²) in [5.74, 6) is 0.786. The van der Waals surface area contributed by atoms with Gasteiger partial charge >= 0.3 is 0 Å². The van der Waals surface area contributed by atoms with Crippen LogP contribution in [0.25, 0.3) is 0 Å². The number of aromatic nitrogens is 2.